The molecule has 1 aromatic heterocycles. The van der Waals surface area contributed by atoms with E-state index in [4.69, 9.17) is 1.37 Å². The van der Waals surface area contributed by atoms with Gasteiger partial charge >= 0.3 is 0 Å². The number of hydrogen-bond acceptors (Lipinski definition) is 0. The van der Waals surface area contributed by atoms with Gasteiger partial charge < -0.3 is 0 Å². The number of nitrogens with zero attached hydrogens (tertiary/aromatic N) is 1. The quantitative estimate of drug-likeness (QED) is 0.541. The van der Waals surface area contributed by atoms with E-state index in [1.165, 1.54) is 27.6 Å². The van der Waals surface area contributed by atoms with E-state index in [2.05, 4.69) is 65.0 Å². The lowest BCUT2D eigenvalue weighted by molar-refractivity contribution is -0.659. The molecule has 0 radical (unpaired) electrons. The monoisotopic (exact) mass is 305 g/mol. The summed E-state index contributed by atoms with van der Waals surface area (Å²) in [6.45, 7) is 11.1. The van der Waals surface area contributed by atoms with Gasteiger partial charge in [-0.15, -0.1) is 0 Å². The van der Waals surface area contributed by atoms with Crippen LogP contribution in [0, 0.1) is 13.8 Å². The third kappa shape index (κ3) is 2.76. The van der Waals surface area contributed by atoms with Crippen molar-refractivity contribution in [3.05, 3.63) is 65.3 Å². The zero-order valence-electron chi connectivity index (χ0n) is 16.0. The fourth-order valence-electron chi connectivity index (χ4n) is 3.11. The second-order valence-corrected chi connectivity index (χ2v) is 7.48. The summed E-state index contributed by atoms with van der Waals surface area (Å²) in [7, 11) is 1.99. The van der Waals surface area contributed by atoms with Gasteiger partial charge in [0.2, 0.25) is 5.69 Å². The highest BCUT2D eigenvalue weighted by Gasteiger charge is 2.22. The van der Waals surface area contributed by atoms with Crippen LogP contribution in [0.4, 0.5) is 0 Å². The summed E-state index contributed by atoms with van der Waals surface area (Å²) < 4.78 is 10.4. The van der Waals surface area contributed by atoms with Crippen LogP contribution < -0.4 is 4.57 Å². The maximum atomic E-state index is 8.36. The molecular formula is C22H26N+. The Morgan fingerprint density at radius 3 is 2.39 bits per heavy atom. The smallest absolute Gasteiger partial charge is 0.200 e. The predicted octanol–water partition coefficient (Wildman–Crippen LogP) is 5.25. The number of aromatic nitrogens is 1. The summed E-state index contributed by atoms with van der Waals surface area (Å²) in [5.74, 6) is 0. The highest BCUT2D eigenvalue weighted by Crippen LogP contribution is 2.33. The van der Waals surface area contributed by atoms with Crippen LogP contribution in [0.1, 0.15) is 38.8 Å². The SMILES string of the molecule is [2H]c1cc2ccccc2c(-c2cc(C(C)(C)C)cc(C)c2C)[n+]1C. The third-order valence-electron chi connectivity index (χ3n) is 4.75. The van der Waals surface area contributed by atoms with Gasteiger partial charge in [-0.1, -0.05) is 45.0 Å². The zero-order chi connectivity index (χ0) is 17.6. The molecule has 118 valence electrons. The summed E-state index contributed by atoms with van der Waals surface area (Å²) in [5.41, 5.74) is 6.38. The second-order valence-electron chi connectivity index (χ2n) is 7.48. The van der Waals surface area contributed by atoms with E-state index in [0.29, 0.717) is 6.17 Å². The number of benzene rings is 2. The van der Waals surface area contributed by atoms with E-state index in [1.54, 1.807) is 0 Å². The third-order valence-corrected chi connectivity index (χ3v) is 4.75. The van der Waals surface area contributed by atoms with E-state index in [0.717, 1.165) is 11.1 Å². The molecule has 0 bridgehead atoms. The predicted molar refractivity (Wildman–Crippen MR) is 98.7 cm³/mol. The molecule has 3 aromatic rings. The lowest BCUT2D eigenvalue weighted by Gasteiger charge is -2.22. The number of aryl methyl sites for hydroxylation is 1. The van der Waals surface area contributed by atoms with Gasteiger partial charge in [0.25, 0.3) is 0 Å². The van der Waals surface area contributed by atoms with E-state index in [1.807, 2.05) is 23.7 Å². The number of rotatable bonds is 1. The molecule has 0 saturated carbocycles. The van der Waals surface area contributed by atoms with Crippen molar-refractivity contribution in [3.63, 3.8) is 0 Å². The summed E-state index contributed by atoms with van der Waals surface area (Å²) in [5, 5.41) is 2.32. The number of hydrogen-bond donors (Lipinski definition) is 0. The molecule has 0 aliphatic rings. The maximum absolute atomic E-state index is 8.36. The number of fused-ring (bicyclic) bond motifs is 1. The van der Waals surface area contributed by atoms with Crippen LogP contribution in [-0.4, -0.2) is 0 Å². The molecule has 0 unspecified atom stereocenters. The normalized spacial score (nSPS) is 12.5. The van der Waals surface area contributed by atoms with Crippen molar-refractivity contribution in [2.24, 2.45) is 7.05 Å². The van der Waals surface area contributed by atoms with Crippen LogP contribution in [0.3, 0.4) is 0 Å². The van der Waals surface area contributed by atoms with Gasteiger partial charge in [-0.25, -0.2) is 4.57 Å². The Bertz CT molecular complexity index is 933. The Labute approximate surface area is 141 Å². The number of pyridine rings is 1. The summed E-state index contributed by atoms with van der Waals surface area (Å²) in [6, 6.07) is 14.9. The molecule has 23 heavy (non-hydrogen) atoms. The first-order valence-corrected chi connectivity index (χ1v) is 8.20. The minimum absolute atomic E-state index is 0.0974. The largest absolute Gasteiger partial charge is 0.220 e. The molecule has 0 spiro atoms. The molecule has 0 fully saturated rings. The molecule has 1 heterocycles. The van der Waals surface area contributed by atoms with Gasteiger partial charge in [0.1, 0.15) is 8.42 Å². The molecule has 1 nitrogen and oxygen atoms in total. The van der Waals surface area contributed by atoms with E-state index in [-0.39, 0.29) is 5.41 Å². The second kappa shape index (κ2) is 5.49. The molecule has 1 heteroatoms. The molecule has 0 aliphatic carbocycles. The summed E-state index contributed by atoms with van der Waals surface area (Å²) in [4.78, 5) is 0. The van der Waals surface area contributed by atoms with Crippen molar-refractivity contribution in [2.75, 3.05) is 0 Å². The lowest BCUT2D eigenvalue weighted by Crippen LogP contribution is -2.31. The lowest BCUT2D eigenvalue weighted by atomic mass is 9.83. The minimum Gasteiger partial charge on any atom is -0.200 e. The van der Waals surface area contributed by atoms with Crippen molar-refractivity contribution >= 4 is 10.8 Å². The van der Waals surface area contributed by atoms with Crippen LogP contribution in [0.25, 0.3) is 22.0 Å². The Hall–Kier alpha value is -2.15. The first-order chi connectivity index (χ1) is 11.2. The van der Waals surface area contributed by atoms with E-state index in [9.17, 15) is 0 Å². The first-order valence-electron chi connectivity index (χ1n) is 8.70. The topological polar surface area (TPSA) is 3.88 Å². The average molecular weight is 305 g/mol. The molecule has 2 aromatic carbocycles. The van der Waals surface area contributed by atoms with Gasteiger partial charge in [0, 0.05) is 6.07 Å². The van der Waals surface area contributed by atoms with Crippen LogP contribution in [0.2, 0.25) is 0 Å². The van der Waals surface area contributed by atoms with Gasteiger partial charge in [-0.05, 0) is 53.5 Å². The summed E-state index contributed by atoms with van der Waals surface area (Å²) in [6.07, 6.45) is 0.530. The van der Waals surface area contributed by atoms with Crippen molar-refractivity contribution < 1.29 is 5.94 Å². The van der Waals surface area contributed by atoms with E-state index >= 15 is 0 Å². The van der Waals surface area contributed by atoms with Gasteiger partial charge in [-0.3, -0.25) is 0 Å². The highest BCUT2D eigenvalue weighted by molar-refractivity contribution is 5.93. The van der Waals surface area contributed by atoms with Crippen LogP contribution >= 0.6 is 0 Å². The fraction of sp³-hybridized carbons (Fsp3) is 0.318. The zero-order valence-corrected chi connectivity index (χ0v) is 15.0. The van der Waals surface area contributed by atoms with Crippen LogP contribution in [-0.2, 0) is 12.5 Å². The molecular weight excluding hydrogens is 278 g/mol. The molecule has 0 N–H and O–H groups in total. The maximum Gasteiger partial charge on any atom is 0.220 e. The van der Waals surface area contributed by atoms with Crippen molar-refractivity contribution in [1.29, 1.82) is 0 Å². The van der Waals surface area contributed by atoms with Crippen LogP contribution in [0.5, 0.6) is 0 Å². The van der Waals surface area contributed by atoms with E-state index < -0.39 is 0 Å². The molecule has 0 saturated heterocycles. The van der Waals surface area contributed by atoms with Crippen molar-refractivity contribution in [1.82, 2.24) is 0 Å². The summed E-state index contributed by atoms with van der Waals surface area (Å²) >= 11 is 0. The minimum atomic E-state index is 0.0974. The Kier molecular flexibility index (Phi) is 3.45. The first kappa shape index (κ1) is 14.4. The standard InChI is InChI=1S/C22H26N/c1-15-13-18(22(3,4)5)14-20(16(15)2)21-19-10-8-7-9-17(19)11-12-23(21)6/h7-14H,1-6H3/q+1/i12D. The van der Waals surface area contributed by atoms with Gasteiger partial charge in [-0.2, -0.15) is 0 Å². The Morgan fingerprint density at radius 1 is 1.00 bits per heavy atom. The molecule has 0 amide bonds. The van der Waals surface area contributed by atoms with Gasteiger partial charge in [0.05, 0.1) is 10.9 Å². The Morgan fingerprint density at radius 2 is 1.70 bits per heavy atom. The van der Waals surface area contributed by atoms with Crippen LogP contribution in [0.15, 0.2) is 48.6 Å². The van der Waals surface area contributed by atoms with Crippen molar-refractivity contribution in [3.8, 4) is 11.3 Å². The van der Waals surface area contributed by atoms with Gasteiger partial charge in [0.15, 0.2) is 6.17 Å². The average Bonchev–Trinajstić information content (AvgIpc) is 2.51. The Balaban J connectivity index is 2.44. The molecule has 3 rings (SSSR count). The molecule has 0 aliphatic heterocycles. The fourth-order valence-corrected chi connectivity index (χ4v) is 3.11. The molecule has 0 atom stereocenters. The highest BCUT2D eigenvalue weighted by atomic mass is 14.9. The van der Waals surface area contributed by atoms with Crippen molar-refractivity contribution in [2.45, 2.75) is 40.0 Å².